The second kappa shape index (κ2) is 18.2. The molecule has 0 aliphatic carbocycles. The first kappa shape index (κ1) is 21.2. The molecule has 0 rings (SSSR count). The number of hydrogen-bond donors (Lipinski definition) is 0. The zero-order chi connectivity index (χ0) is 17.0. The first-order chi connectivity index (χ1) is 11.3. The number of carbonyl (C=O) groups excluding carboxylic acids is 1. The molecule has 0 aromatic heterocycles. The van der Waals surface area contributed by atoms with E-state index in [-0.39, 0.29) is 12.6 Å². The quantitative estimate of drug-likeness (QED) is 0.128. The number of ether oxygens (including phenoxy) is 1. The molecule has 0 atom stereocenters. The third-order valence-corrected chi connectivity index (χ3v) is 3.24. The molecule has 2 heteroatoms. The summed E-state index contributed by atoms with van der Waals surface area (Å²) in [7, 11) is 0. The number of allylic oxidation sites excluding steroid dienone is 7. The lowest BCUT2D eigenvalue weighted by molar-refractivity contribution is -0.136. The van der Waals surface area contributed by atoms with Crippen LogP contribution in [0, 0.1) is 0 Å². The van der Waals surface area contributed by atoms with Crippen molar-refractivity contribution in [2.45, 2.75) is 58.3 Å². The van der Waals surface area contributed by atoms with Crippen LogP contribution in [0.5, 0.6) is 0 Å². The Hall–Kier alpha value is -1.83. The number of rotatable bonds is 14. The largest absolute Gasteiger partial charge is 0.458 e. The minimum Gasteiger partial charge on any atom is -0.458 e. The maximum Gasteiger partial charge on any atom is 0.331 e. The van der Waals surface area contributed by atoms with Gasteiger partial charge >= 0.3 is 5.97 Å². The van der Waals surface area contributed by atoms with Crippen molar-refractivity contribution >= 4 is 5.97 Å². The van der Waals surface area contributed by atoms with Crippen LogP contribution in [0.1, 0.15) is 58.3 Å². The van der Waals surface area contributed by atoms with Gasteiger partial charge in [-0.1, -0.05) is 101 Å². The van der Waals surface area contributed by atoms with E-state index in [0.29, 0.717) is 0 Å². The fourth-order valence-corrected chi connectivity index (χ4v) is 1.97. The van der Waals surface area contributed by atoms with Crippen molar-refractivity contribution in [1.82, 2.24) is 0 Å². The number of esters is 1. The van der Waals surface area contributed by atoms with Gasteiger partial charge in [-0.25, -0.2) is 4.79 Å². The van der Waals surface area contributed by atoms with Crippen molar-refractivity contribution in [1.29, 1.82) is 0 Å². The SMILES string of the molecule is C=CCOC(=O)C=CC=CC=CC=CCCCCCCCCC. The van der Waals surface area contributed by atoms with Gasteiger partial charge < -0.3 is 4.74 Å². The molecule has 0 amide bonds. The van der Waals surface area contributed by atoms with Crippen molar-refractivity contribution in [3.8, 4) is 0 Å². The fraction of sp³-hybridized carbons (Fsp3) is 0.476. The Morgan fingerprint density at radius 3 is 2.17 bits per heavy atom. The molecule has 0 aliphatic rings. The molecule has 0 aliphatic heterocycles. The molecule has 0 heterocycles. The molecule has 0 aromatic carbocycles. The third kappa shape index (κ3) is 18.1. The smallest absolute Gasteiger partial charge is 0.331 e. The summed E-state index contributed by atoms with van der Waals surface area (Å²) in [5, 5.41) is 0. The van der Waals surface area contributed by atoms with Gasteiger partial charge in [0.2, 0.25) is 0 Å². The molecule has 0 saturated carbocycles. The first-order valence-electron chi connectivity index (χ1n) is 8.75. The Morgan fingerprint density at radius 2 is 1.48 bits per heavy atom. The van der Waals surface area contributed by atoms with Crippen molar-refractivity contribution in [2.75, 3.05) is 6.61 Å². The first-order valence-corrected chi connectivity index (χ1v) is 8.75. The van der Waals surface area contributed by atoms with Gasteiger partial charge in [0.1, 0.15) is 6.61 Å². The molecule has 0 N–H and O–H groups in total. The van der Waals surface area contributed by atoms with Crippen molar-refractivity contribution in [3.05, 3.63) is 61.3 Å². The molecular weight excluding hydrogens is 284 g/mol. The van der Waals surface area contributed by atoms with Crippen LogP contribution in [0.2, 0.25) is 0 Å². The number of unbranched alkanes of at least 4 members (excludes halogenated alkanes) is 7. The van der Waals surface area contributed by atoms with E-state index in [1.54, 1.807) is 18.2 Å². The molecule has 128 valence electrons. The highest BCUT2D eigenvalue weighted by Crippen LogP contribution is 2.08. The van der Waals surface area contributed by atoms with Crippen molar-refractivity contribution in [3.63, 3.8) is 0 Å². The average Bonchev–Trinajstić information content (AvgIpc) is 2.56. The van der Waals surface area contributed by atoms with Crippen LogP contribution in [0.3, 0.4) is 0 Å². The summed E-state index contributed by atoms with van der Waals surface area (Å²) in [4.78, 5) is 11.1. The maximum absolute atomic E-state index is 11.1. The van der Waals surface area contributed by atoms with Gasteiger partial charge in [0.05, 0.1) is 0 Å². The summed E-state index contributed by atoms with van der Waals surface area (Å²) in [5.41, 5.74) is 0. The summed E-state index contributed by atoms with van der Waals surface area (Å²) in [5.74, 6) is -0.354. The minimum atomic E-state index is -0.354. The predicted molar refractivity (Wildman–Crippen MR) is 100 cm³/mol. The highest BCUT2D eigenvalue weighted by atomic mass is 16.5. The van der Waals surface area contributed by atoms with E-state index in [1.165, 1.54) is 51.0 Å². The van der Waals surface area contributed by atoms with E-state index >= 15 is 0 Å². The van der Waals surface area contributed by atoms with Crippen LogP contribution >= 0.6 is 0 Å². The van der Waals surface area contributed by atoms with Gasteiger partial charge in [-0.3, -0.25) is 0 Å². The molecule has 0 saturated heterocycles. The number of carbonyl (C=O) groups is 1. The van der Waals surface area contributed by atoms with Crippen LogP contribution in [0.15, 0.2) is 61.3 Å². The van der Waals surface area contributed by atoms with Gasteiger partial charge in [-0.2, -0.15) is 0 Å². The molecule has 0 spiro atoms. The summed E-state index contributed by atoms with van der Waals surface area (Å²) in [6.45, 7) is 5.98. The standard InChI is InChI=1S/C21H32O2/c1-3-5-6-7-8-9-10-11-12-13-14-15-16-17-18-19-21(22)23-20-4-2/h4,12-19H,2-3,5-11,20H2,1H3. The van der Waals surface area contributed by atoms with Crippen molar-refractivity contribution < 1.29 is 9.53 Å². The van der Waals surface area contributed by atoms with Crippen molar-refractivity contribution in [2.24, 2.45) is 0 Å². The van der Waals surface area contributed by atoms with Gasteiger partial charge in [0.15, 0.2) is 0 Å². The molecule has 0 unspecified atom stereocenters. The third-order valence-electron chi connectivity index (χ3n) is 3.24. The monoisotopic (exact) mass is 316 g/mol. The highest BCUT2D eigenvalue weighted by molar-refractivity contribution is 5.82. The van der Waals surface area contributed by atoms with Gasteiger partial charge in [0.25, 0.3) is 0 Å². The summed E-state index contributed by atoms with van der Waals surface area (Å²) >= 11 is 0. The van der Waals surface area contributed by atoms with Crippen LogP contribution in [-0.2, 0) is 9.53 Å². The summed E-state index contributed by atoms with van der Waals surface area (Å²) in [6.07, 6.45) is 27.1. The van der Waals surface area contributed by atoms with Gasteiger partial charge in [0, 0.05) is 6.08 Å². The number of hydrogen-bond acceptors (Lipinski definition) is 2. The van der Waals surface area contributed by atoms with Gasteiger partial charge in [-0.15, -0.1) is 0 Å². The zero-order valence-corrected chi connectivity index (χ0v) is 14.6. The minimum absolute atomic E-state index is 0.246. The van der Waals surface area contributed by atoms with E-state index in [2.05, 4.69) is 25.7 Å². The Kier molecular flexibility index (Phi) is 16.8. The predicted octanol–water partition coefficient (Wildman–Crippen LogP) is 6.08. The van der Waals surface area contributed by atoms with E-state index < -0.39 is 0 Å². The molecular formula is C21H32O2. The Balaban J connectivity index is 3.54. The van der Waals surface area contributed by atoms with Crippen LogP contribution in [0.25, 0.3) is 0 Å². The van der Waals surface area contributed by atoms with E-state index in [9.17, 15) is 4.79 Å². The summed E-state index contributed by atoms with van der Waals surface area (Å²) < 4.78 is 4.80. The molecule has 0 fully saturated rings. The molecule has 23 heavy (non-hydrogen) atoms. The lowest BCUT2D eigenvalue weighted by Crippen LogP contribution is -1.99. The second-order valence-corrected chi connectivity index (χ2v) is 5.39. The van der Waals surface area contributed by atoms with Gasteiger partial charge in [-0.05, 0) is 12.8 Å². The Labute approximate surface area is 142 Å². The highest BCUT2D eigenvalue weighted by Gasteiger charge is 1.90. The molecule has 0 radical (unpaired) electrons. The molecule has 0 aromatic rings. The average molecular weight is 316 g/mol. The van der Waals surface area contributed by atoms with E-state index in [4.69, 9.17) is 4.74 Å². The van der Waals surface area contributed by atoms with E-state index in [0.717, 1.165) is 6.42 Å². The Bertz CT molecular complexity index is 400. The lowest BCUT2D eigenvalue weighted by atomic mass is 10.1. The fourth-order valence-electron chi connectivity index (χ4n) is 1.97. The van der Waals surface area contributed by atoms with Crippen LogP contribution in [-0.4, -0.2) is 12.6 Å². The maximum atomic E-state index is 11.1. The lowest BCUT2D eigenvalue weighted by Gasteiger charge is -1.98. The normalized spacial score (nSPS) is 12.0. The molecule has 0 bridgehead atoms. The molecule has 2 nitrogen and oxygen atoms in total. The van der Waals surface area contributed by atoms with Crippen LogP contribution < -0.4 is 0 Å². The Morgan fingerprint density at radius 1 is 0.870 bits per heavy atom. The summed E-state index contributed by atoms with van der Waals surface area (Å²) in [6, 6.07) is 0. The van der Waals surface area contributed by atoms with E-state index in [1.807, 2.05) is 18.2 Å². The topological polar surface area (TPSA) is 26.3 Å². The second-order valence-electron chi connectivity index (χ2n) is 5.39. The van der Waals surface area contributed by atoms with Crippen LogP contribution in [0.4, 0.5) is 0 Å². The zero-order valence-electron chi connectivity index (χ0n) is 14.6.